The van der Waals surface area contributed by atoms with E-state index < -0.39 is 11.8 Å². The molecule has 1 N–H and O–H groups in total. The largest absolute Gasteiger partial charge is 1.00 e. The van der Waals surface area contributed by atoms with Crippen LogP contribution >= 0.6 is 11.8 Å². The molecule has 0 bridgehead atoms. The van der Waals surface area contributed by atoms with E-state index in [1.807, 2.05) is 12.1 Å². The van der Waals surface area contributed by atoms with Gasteiger partial charge in [0.1, 0.15) is 11.6 Å². The topological polar surface area (TPSA) is 90.8 Å². The van der Waals surface area contributed by atoms with Crippen LogP contribution in [-0.2, 0) is 16.0 Å². The summed E-state index contributed by atoms with van der Waals surface area (Å²) < 4.78 is 19.9. The smallest absolute Gasteiger partial charge is 0.550 e. The number of aliphatic carboxylic acids is 1. The van der Waals surface area contributed by atoms with Gasteiger partial charge in [0, 0.05) is 18.0 Å². The molecule has 0 unspecified atom stereocenters. The number of hydrogen-bond acceptors (Lipinski definition) is 6. The number of aliphatic imine (C=N–C) groups is 1. The van der Waals surface area contributed by atoms with Crippen molar-refractivity contribution in [1.82, 2.24) is 5.32 Å². The zero-order valence-corrected chi connectivity index (χ0v) is 21.3. The summed E-state index contributed by atoms with van der Waals surface area (Å²) in [6.45, 7) is 0. The zero-order chi connectivity index (χ0) is 23.4. The molecule has 1 heterocycles. The molecule has 4 rings (SSSR count). The molecule has 1 aliphatic heterocycles. The van der Waals surface area contributed by atoms with Crippen LogP contribution < -0.4 is 44.7 Å². The summed E-state index contributed by atoms with van der Waals surface area (Å²) in [6, 6.07) is 18.7. The van der Waals surface area contributed by atoms with Gasteiger partial charge in [-0.3, -0.25) is 4.79 Å². The molecule has 0 aromatic heterocycles. The van der Waals surface area contributed by atoms with Crippen LogP contribution in [0.15, 0.2) is 76.6 Å². The SMILES string of the molecule is COc1ccc(-c2ccc(C=C3SC(=Nc4ccc(CC(=O)[O-])cc4)NC3=O)c(F)c2)cc1.[Na+]. The van der Waals surface area contributed by atoms with Crippen molar-refractivity contribution in [2.75, 3.05) is 7.11 Å². The average Bonchev–Trinajstić information content (AvgIpc) is 3.14. The number of methoxy groups -OCH3 is 1. The van der Waals surface area contributed by atoms with Gasteiger partial charge >= 0.3 is 29.6 Å². The number of rotatable bonds is 6. The van der Waals surface area contributed by atoms with E-state index in [9.17, 15) is 19.1 Å². The predicted octanol–water partition coefficient (Wildman–Crippen LogP) is 0.689. The molecule has 1 saturated heterocycles. The maximum Gasteiger partial charge on any atom is 1.00 e. The quantitative estimate of drug-likeness (QED) is 0.411. The minimum Gasteiger partial charge on any atom is -0.550 e. The van der Waals surface area contributed by atoms with Crippen LogP contribution in [0.25, 0.3) is 17.2 Å². The van der Waals surface area contributed by atoms with Gasteiger partial charge in [-0.25, -0.2) is 9.38 Å². The van der Waals surface area contributed by atoms with Crippen molar-refractivity contribution in [3.63, 3.8) is 0 Å². The van der Waals surface area contributed by atoms with Gasteiger partial charge in [-0.1, -0.05) is 36.4 Å². The Hall–Kier alpha value is -2.91. The van der Waals surface area contributed by atoms with Gasteiger partial charge in [-0.05, 0) is 64.9 Å². The van der Waals surface area contributed by atoms with Gasteiger partial charge < -0.3 is 20.0 Å². The maximum absolute atomic E-state index is 14.7. The van der Waals surface area contributed by atoms with Crippen molar-refractivity contribution < 1.29 is 53.4 Å². The number of carbonyl (C=O) groups is 2. The number of amides is 1. The Morgan fingerprint density at radius 3 is 2.38 bits per heavy atom. The number of thioether (sulfide) groups is 1. The van der Waals surface area contributed by atoms with Gasteiger partial charge in [0.2, 0.25) is 0 Å². The summed E-state index contributed by atoms with van der Waals surface area (Å²) in [7, 11) is 1.58. The van der Waals surface area contributed by atoms with Crippen molar-refractivity contribution in [3.8, 4) is 16.9 Å². The molecule has 9 heteroatoms. The first-order valence-corrected chi connectivity index (χ1v) is 10.8. The van der Waals surface area contributed by atoms with Crippen LogP contribution in [0.1, 0.15) is 11.1 Å². The monoisotopic (exact) mass is 484 g/mol. The van der Waals surface area contributed by atoms with Crippen molar-refractivity contribution >= 4 is 40.6 Å². The molecule has 0 saturated carbocycles. The first kappa shape index (κ1) is 25.7. The average molecular weight is 484 g/mol. The van der Waals surface area contributed by atoms with Gasteiger partial charge in [-0.15, -0.1) is 0 Å². The number of benzene rings is 3. The molecule has 34 heavy (non-hydrogen) atoms. The number of nitrogens with one attached hydrogen (secondary N) is 1. The summed E-state index contributed by atoms with van der Waals surface area (Å²) in [5.74, 6) is -1.26. The standard InChI is InChI=1S/C25H19FN2O4S.Na/c1-32-20-10-6-16(7-11-20)17-4-5-18(21(26)13-17)14-22-24(31)28-25(33-22)27-19-8-2-15(3-9-19)12-23(29)30;/h2-11,13-14H,12H2,1H3,(H,29,30)(H,27,28,31);/q;+1/p-1. The molecule has 0 aliphatic carbocycles. The Bertz CT molecular complexity index is 1280. The third-order valence-electron chi connectivity index (χ3n) is 4.88. The predicted molar refractivity (Wildman–Crippen MR) is 124 cm³/mol. The van der Waals surface area contributed by atoms with Crippen LogP contribution in [0.2, 0.25) is 0 Å². The molecular formula is C25H18FN2NaO4S. The second kappa shape index (κ2) is 11.5. The molecule has 1 amide bonds. The summed E-state index contributed by atoms with van der Waals surface area (Å²) >= 11 is 1.10. The first-order valence-electron chi connectivity index (χ1n) is 9.93. The molecular weight excluding hydrogens is 466 g/mol. The van der Waals surface area contributed by atoms with Crippen LogP contribution in [0, 0.1) is 5.82 Å². The van der Waals surface area contributed by atoms with E-state index in [-0.39, 0.29) is 47.4 Å². The Morgan fingerprint density at radius 2 is 1.76 bits per heavy atom. The molecule has 6 nitrogen and oxygen atoms in total. The number of ether oxygens (including phenoxy) is 1. The Balaban J connectivity index is 0.00000324. The molecule has 3 aromatic rings. The van der Waals surface area contributed by atoms with E-state index in [0.29, 0.717) is 26.9 Å². The van der Waals surface area contributed by atoms with Gasteiger partial charge in [0.05, 0.1) is 17.7 Å². The second-order valence-corrected chi connectivity index (χ2v) is 8.19. The first-order chi connectivity index (χ1) is 15.9. The molecule has 0 spiro atoms. The number of carbonyl (C=O) groups excluding carboxylic acids is 2. The Labute approximate surface area is 222 Å². The number of amidine groups is 1. The zero-order valence-electron chi connectivity index (χ0n) is 18.5. The van der Waals surface area contributed by atoms with Crippen molar-refractivity contribution in [2.45, 2.75) is 6.42 Å². The van der Waals surface area contributed by atoms with E-state index in [0.717, 1.165) is 23.1 Å². The molecule has 0 atom stereocenters. The van der Waals surface area contributed by atoms with Crippen LogP contribution in [0.4, 0.5) is 10.1 Å². The summed E-state index contributed by atoms with van der Waals surface area (Å²) in [5.41, 5.74) is 3.00. The number of halogens is 1. The minimum absolute atomic E-state index is 0. The number of nitrogens with zero attached hydrogens (tertiary/aromatic N) is 1. The Kier molecular flexibility index (Phi) is 8.68. The van der Waals surface area contributed by atoms with E-state index in [1.54, 1.807) is 55.6 Å². The number of carboxylic acid groups (broad SMARTS) is 1. The third kappa shape index (κ3) is 6.36. The van der Waals surface area contributed by atoms with E-state index >= 15 is 0 Å². The van der Waals surface area contributed by atoms with Gasteiger partial charge in [0.25, 0.3) is 5.91 Å². The normalized spacial score (nSPS) is 15.2. The third-order valence-corrected chi connectivity index (χ3v) is 5.79. The summed E-state index contributed by atoms with van der Waals surface area (Å²) in [4.78, 5) is 27.7. The Morgan fingerprint density at radius 1 is 1.09 bits per heavy atom. The molecule has 3 aromatic carbocycles. The number of hydrogen-bond donors (Lipinski definition) is 1. The fraction of sp³-hybridized carbons (Fsp3) is 0.0800. The van der Waals surface area contributed by atoms with Crippen molar-refractivity contribution in [3.05, 3.63) is 88.6 Å². The summed E-state index contributed by atoms with van der Waals surface area (Å²) in [6.07, 6.45) is 1.30. The molecule has 0 radical (unpaired) electrons. The molecule has 1 fully saturated rings. The van der Waals surface area contributed by atoms with Gasteiger partial charge in [0.15, 0.2) is 5.17 Å². The maximum atomic E-state index is 14.7. The molecule has 1 aliphatic rings. The second-order valence-electron chi connectivity index (χ2n) is 7.16. The number of carboxylic acids is 1. The minimum atomic E-state index is -1.16. The van der Waals surface area contributed by atoms with Crippen LogP contribution in [0.3, 0.4) is 0 Å². The van der Waals surface area contributed by atoms with E-state index in [2.05, 4.69) is 10.3 Å². The van der Waals surface area contributed by atoms with E-state index in [4.69, 9.17) is 4.74 Å². The summed E-state index contributed by atoms with van der Waals surface area (Å²) in [5, 5.41) is 13.7. The fourth-order valence-corrected chi connectivity index (χ4v) is 4.03. The van der Waals surface area contributed by atoms with Crippen LogP contribution in [0.5, 0.6) is 5.75 Å². The van der Waals surface area contributed by atoms with Crippen molar-refractivity contribution in [1.29, 1.82) is 0 Å². The fourth-order valence-electron chi connectivity index (χ4n) is 3.20. The van der Waals surface area contributed by atoms with E-state index in [1.165, 1.54) is 12.1 Å². The van der Waals surface area contributed by atoms with Crippen LogP contribution in [-0.4, -0.2) is 24.2 Å². The van der Waals surface area contributed by atoms with Crippen molar-refractivity contribution in [2.24, 2.45) is 4.99 Å². The van der Waals surface area contributed by atoms with Gasteiger partial charge in [-0.2, -0.15) is 0 Å². The molecule has 166 valence electrons.